The van der Waals surface area contributed by atoms with E-state index in [1.165, 1.54) is 12.8 Å². The van der Waals surface area contributed by atoms with Gasteiger partial charge in [0.15, 0.2) is 0 Å². The van der Waals surface area contributed by atoms with E-state index in [4.69, 9.17) is 0 Å². The van der Waals surface area contributed by atoms with Gasteiger partial charge in [0.1, 0.15) is 0 Å². The van der Waals surface area contributed by atoms with Crippen molar-refractivity contribution in [3.05, 3.63) is 24.5 Å². The van der Waals surface area contributed by atoms with Crippen LogP contribution in [0.3, 0.4) is 0 Å². The molecule has 0 bridgehead atoms. The van der Waals surface area contributed by atoms with Crippen LogP contribution < -0.4 is 5.43 Å². The largest absolute Gasteiger partial charge is 0.326 e. The zero-order valence-electron chi connectivity index (χ0n) is 5.96. The summed E-state index contributed by atoms with van der Waals surface area (Å²) in [6.07, 6.45) is 6.88. The Kier molecular flexibility index (Phi) is 1.38. The van der Waals surface area contributed by atoms with Crippen LogP contribution in [-0.2, 0) is 0 Å². The first kappa shape index (κ1) is 5.83. The van der Waals surface area contributed by atoms with E-state index in [-0.39, 0.29) is 0 Å². The average molecular weight is 136 g/mol. The molecular weight excluding hydrogens is 124 g/mol. The Balaban J connectivity index is 1.79. The van der Waals surface area contributed by atoms with Crippen molar-refractivity contribution in [3.8, 4) is 0 Å². The highest BCUT2D eigenvalue weighted by atomic mass is 15.4. The van der Waals surface area contributed by atoms with Crippen molar-refractivity contribution in [2.45, 2.75) is 12.8 Å². The SMILES string of the molecule is c1ccn(NCC2CC2)c1. The second-order valence-corrected chi connectivity index (χ2v) is 2.90. The zero-order valence-corrected chi connectivity index (χ0v) is 5.96. The van der Waals surface area contributed by atoms with Crippen molar-refractivity contribution < 1.29 is 0 Å². The molecule has 0 amide bonds. The standard InChI is InChI=1S/C8H12N2/c1-2-6-10(5-1)9-7-8-3-4-8/h1-2,5-6,8-9H,3-4,7H2. The lowest BCUT2D eigenvalue weighted by molar-refractivity contribution is 0.768. The molecule has 0 radical (unpaired) electrons. The van der Waals surface area contributed by atoms with Crippen molar-refractivity contribution in [1.82, 2.24) is 4.68 Å². The first-order valence-corrected chi connectivity index (χ1v) is 3.82. The number of nitrogens with zero attached hydrogens (tertiary/aromatic N) is 1. The molecule has 10 heavy (non-hydrogen) atoms. The monoisotopic (exact) mass is 136 g/mol. The van der Waals surface area contributed by atoms with Gasteiger partial charge in [0.2, 0.25) is 0 Å². The Morgan fingerprint density at radius 1 is 1.30 bits per heavy atom. The smallest absolute Gasteiger partial charge is 0.0342 e. The van der Waals surface area contributed by atoms with Gasteiger partial charge in [-0.2, -0.15) is 0 Å². The number of rotatable bonds is 3. The summed E-state index contributed by atoms with van der Waals surface area (Å²) in [5.74, 6) is 0.947. The lowest BCUT2D eigenvalue weighted by atomic mass is 10.4. The highest BCUT2D eigenvalue weighted by Crippen LogP contribution is 2.27. The topological polar surface area (TPSA) is 17.0 Å². The highest BCUT2D eigenvalue weighted by Gasteiger charge is 2.20. The molecule has 1 aliphatic carbocycles. The number of hydrogen-bond acceptors (Lipinski definition) is 1. The summed E-state index contributed by atoms with van der Waals surface area (Å²) in [6.45, 7) is 1.13. The van der Waals surface area contributed by atoms with Crippen molar-refractivity contribution in [2.75, 3.05) is 12.0 Å². The van der Waals surface area contributed by atoms with Gasteiger partial charge in [-0.05, 0) is 30.9 Å². The van der Waals surface area contributed by atoms with Gasteiger partial charge in [-0.15, -0.1) is 0 Å². The fourth-order valence-electron chi connectivity index (χ4n) is 0.996. The number of nitrogens with one attached hydrogen (secondary N) is 1. The molecule has 0 saturated heterocycles. The number of hydrogen-bond donors (Lipinski definition) is 1. The van der Waals surface area contributed by atoms with Crippen LogP contribution in [0.25, 0.3) is 0 Å². The van der Waals surface area contributed by atoms with E-state index in [0.29, 0.717) is 0 Å². The molecule has 0 aromatic carbocycles. The molecule has 2 nitrogen and oxygen atoms in total. The van der Waals surface area contributed by atoms with Crippen LogP contribution in [0, 0.1) is 5.92 Å². The summed E-state index contributed by atoms with van der Waals surface area (Å²) in [5.41, 5.74) is 3.30. The summed E-state index contributed by atoms with van der Waals surface area (Å²) < 4.78 is 2.01. The van der Waals surface area contributed by atoms with E-state index < -0.39 is 0 Å². The molecule has 2 heteroatoms. The van der Waals surface area contributed by atoms with Gasteiger partial charge in [-0.3, -0.25) is 4.68 Å². The van der Waals surface area contributed by atoms with E-state index >= 15 is 0 Å². The molecule has 0 atom stereocenters. The molecule has 1 aromatic rings. The van der Waals surface area contributed by atoms with Crippen molar-refractivity contribution >= 4 is 0 Å². The predicted molar refractivity (Wildman–Crippen MR) is 41.4 cm³/mol. The van der Waals surface area contributed by atoms with Crippen molar-refractivity contribution in [2.24, 2.45) is 5.92 Å². The van der Waals surface area contributed by atoms with E-state index in [1.54, 1.807) is 0 Å². The molecule has 1 fully saturated rings. The molecule has 54 valence electrons. The van der Waals surface area contributed by atoms with Gasteiger partial charge < -0.3 is 5.43 Å². The molecule has 1 heterocycles. The Morgan fingerprint density at radius 2 is 2.00 bits per heavy atom. The summed E-state index contributed by atoms with van der Waals surface area (Å²) in [7, 11) is 0. The lowest BCUT2D eigenvalue weighted by Gasteiger charge is -2.04. The maximum atomic E-state index is 3.30. The van der Waals surface area contributed by atoms with E-state index in [9.17, 15) is 0 Å². The second-order valence-electron chi connectivity index (χ2n) is 2.90. The van der Waals surface area contributed by atoms with Gasteiger partial charge in [0.05, 0.1) is 0 Å². The molecule has 1 aliphatic rings. The number of aromatic nitrogens is 1. The third-order valence-corrected chi connectivity index (χ3v) is 1.86. The van der Waals surface area contributed by atoms with Crippen LogP contribution in [-0.4, -0.2) is 11.2 Å². The van der Waals surface area contributed by atoms with Crippen LogP contribution in [0.1, 0.15) is 12.8 Å². The fourth-order valence-corrected chi connectivity index (χ4v) is 0.996. The third kappa shape index (κ3) is 1.32. The van der Waals surface area contributed by atoms with Crippen LogP contribution in [0.2, 0.25) is 0 Å². The minimum Gasteiger partial charge on any atom is -0.326 e. The van der Waals surface area contributed by atoms with E-state index in [1.807, 2.05) is 29.2 Å². The Bertz CT molecular complexity index is 187. The summed E-state index contributed by atoms with van der Waals surface area (Å²) in [5, 5.41) is 0. The zero-order chi connectivity index (χ0) is 6.81. The van der Waals surface area contributed by atoms with Gasteiger partial charge in [-0.1, -0.05) is 0 Å². The Morgan fingerprint density at radius 3 is 2.60 bits per heavy atom. The van der Waals surface area contributed by atoms with Crippen LogP contribution in [0.4, 0.5) is 0 Å². The van der Waals surface area contributed by atoms with Gasteiger partial charge >= 0.3 is 0 Å². The fraction of sp³-hybridized carbons (Fsp3) is 0.500. The van der Waals surface area contributed by atoms with Crippen LogP contribution >= 0.6 is 0 Å². The molecule has 0 unspecified atom stereocenters. The maximum Gasteiger partial charge on any atom is 0.0342 e. The van der Waals surface area contributed by atoms with Crippen LogP contribution in [0.5, 0.6) is 0 Å². The van der Waals surface area contributed by atoms with Crippen LogP contribution in [0.15, 0.2) is 24.5 Å². The van der Waals surface area contributed by atoms with E-state index in [0.717, 1.165) is 12.5 Å². The maximum absolute atomic E-state index is 3.30. The summed E-state index contributed by atoms with van der Waals surface area (Å²) >= 11 is 0. The first-order chi connectivity index (χ1) is 4.95. The predicted octanol–water partition coefficient (Wildman–Crippen LogP) is 1.44. The summed E-state index contributed by atoms with van der Waals surface area (Å²) in [6, 6.07) is 4.06. The Labute approximate surface area is 60.8 Å². The van der Waals surface area contributed by atoms with Crippen molar-refractivity contribution in [3.63, 3.8) is 0 Å². The molecule has 1 N–H and O–H groups in total. The van der Waals surface area contributed by atoms with Crippen molar-refractivity contribution in [1.29, 1.82) is 0 Å². The van der Waals surface area contributed by atoms with Gasteiger partial charge in [0.25, 0.3) is 0 Å². The Hall–Kier alpha value is -0.920. The minimum atomic E-state index is 0.947. The quantitative estimate of drug-likeness (QED) is 0.665. The first-order valence-electron chi connectivity index (χ1n) is 3.82. The lowest BCUT2D eigenvalue weighted by Crippen LogP contribution is -2.14. The minimum absolute atomic E-state index is 0.947. The molecule has 1 aromatic heterocycles. The van der Waals surface area contributed by atoms with Gasteiger partial charge in [0, 0.05) is 18.9 Å². The molecule has 1 saturated carbocycles. The summed E-state index contributed by atoms with van der Waals surface area (Å²) in [4.78, 5) is 0. The molecule has 0 aliphatic heterocycles. The van der Waals surface area contributed by atoms with Gasteiger partial charge in [-0.25, -0.2) is 0 Å². The molecule has 0 spiro atoms. The normalized spacial score (nSPS) is 17.2. The molecule has 2 rings (SSSR count). The van der Waals surface area contributed by atoms with E-state index in [2.05, 4.69) is 5.43 Å². The molecular formula is C8H12N2. The highest BCUT2D eigenvalue weighted by molar-refractivity contribution is 4.94. The third-order valence-electron chi connectivity index (χ3n) is 1.86. The average Bonchev–Trinajstić information content (AvgIpc) is 2.63. The second kappa shape index (κ2) is 2.37.